The largest absolute Gasteiger partial charge is 0.481 e. The number of rotatable bonds is 27. The average Bonchev–Trinajstić information content (AvgIpc) is 1.61. The van der Waals surface area contributed by atoms with E-state index < -0.39 is 125 Å². The lowest BCUT2D eigenvalue weighted by molar-refractivity contribution is -0.143. The van der Waals surface area contributed by atoms with Crippen LogP contribution in [0.25, 0.3) is 43.6 Å². The van der Waals surface area contributed by atoms with E-state index in [0.29, 0.717) is 147 Å². The van der Waals surface area contributed by atoms with Crippen LogP contribution in [0.5, 0.6) is 0 Å². The maximum absolute atomic E-state index is 13.3. The third-order valence-corrected chi connectivity index (χ3v) is 25.8. The highest BCUT2D eigenvalue weighted by molar-refractivity contribution is 6.47. The molecule has 0 spiro atoms. The molecule has 5 aliphatic heterocycles. The Morgan fingerprint density at radius 3 is 0.926 bits per heavy atom. The topological polar surface area (TPSA) is 584 Å². The van der Waals surface area contributed by atoms with Gasteiger partial charge in [0.2, 0.25) is 17.7 Å². The fourth-order valence-corrected chi connectivity index (χ4v) is 17.9. The number of likely N-dealkylation sites (N-methyl/N-ethyl adjacent to an activating group) is 1. The standard InChI is InChI=1S/C27H29N5O6.C27H28N4O6.C26H24N4O7.C26H24N4O6/c1-16-15-31(26(37)17-7-4-3-5-8-17)11-12-32(16)27(38)24(35)19-14-29-23-18(19)9-6-10-20(23)30-25(36)21(28-2)13-22(33)34;1-16(27(36)37)13-22(32)29-21-10-6-9-19-20(14-28-23(19)21)24(33)26(35)31-12-11-30(15-17(31)2)25(34)18-7-4-3-5-8-18;1-14-13-29(24(33)15-6-3-2-4-7-15)10-11-30(14)25(34)20(31)17-12-27-19-16(17)8-5-9-18(19)28-23(32)21-22(37-21)26(35)36;1-16-15-29(25(35)17-6-3-2-4-7-17)12-13-30(16)26(36)24(34)19-14-27-23-18(19)8-5-9-20(23)28-21(31)10-11-22(32)33/h3-10,14,16,21,28-29H,11-13,15H2,1-2H3,(H,30,36)(H,33,34);3-10,14,16-17,28H,11-13,15H2,1-2H3,(H,29,32)(H,36,37);2-9,12,14,21-22,27H,10-11,13H2,1H3,(H,28,32)(H,35,36);2-11,14,16,27H,12-13,15H2,1H3,(H,28,31)(H,32,33)/b;;;11-10+/t16-,21?;16?,17-;14-,21?,22?;16-/m1111/s1. The van der Waals surface area contributed by atoms with Crippen molar-refractivity contribution in [3.05, 3.63) is 276 Å². The summed E-state index contributed by atoms with van der Waals surface area (Å²) in [5, 5.41) is 50.6. The normalized spacial score (nSPS) is 17.3. The van der Waals surface area contributed by atoms with E-state index in [4.69, 9.17) is 25.2 Å². The van der Waals surface area contributed by atoms with E-state index in [1.807, 2.05) is 24.3 Å². The molecule has 8 atom stereocenters. The van der Waals surface area contributed by atoms with Crippen molar-refractivity contribution in [3.8, 4) is 0 Å². The van der Waals surface area contributed by atoms with Gasteiger partial charge in [-0.15, -0.1) is 0 Å². The summed E-state index contributed by atoms with van der Waals surface area (Å²) < 4.78 is 4.87. The van der Waals surface area contributed by atoms with Gasteiger partial charge >= 0.3 is 23.9 Å². The molecule has 12 amide bonds. The highest BCUT2D eigenvalue weighted by atomic mass is 16.6. The molecule has 12 aromatic rings. The minimum Gasteiger partial charge on any atom is -0.481 e. The molecule has 5 fully saturated rings. The van der Waals surface area contributed by atoms with E-state index in [9.17, 15) is 95.9 Å². The number of amides is 12. The Hall–Kier alpha value is -18.2. The Labute approximate surface area is 843 Å². The molecule has 0 aliphatic carbocycles. The van der Waals surface area contributed by atoms with Crippen LogP contribution < -0.4 is 26.6 Å². The first-order chi connectivity index (χ1) is 70.9. The summed E-state index contributed by atoms with van der Waals surface area (Å²) in [6.07, 6.45) is 4.41. The third kappa shape index (κ3) is 24.3. The maximum atomic E-state index is 13.3. The number of hydrogen-bond donors (Lipinski definition) is 13. The van der Waals surface area contributed by atoms with Crippen molar-refractivity contribution in [2.75, 3.05) is 107 Å². The van der Waals surface area contributed by atoms with Crippen molar-refractivity contribution in [2.24, 2.45) is 5.92 Å². The maximum Gasteiger partial charge on any atom is 0.336 e. The zero-order valence-electron chi connectivity index (χ0n) is 80.9. The summed E-state index contributed by atoms with van der Waals surface area (Å²) in [6, 6.07) is 52.8. The Bertz CT molecular complexity index is 7230. The number of aromatic nitrogens is 4. The van der Waals surface area contributed by atoms with E-state index >= 15 is 0 Å². The number of aromatic amines is 4. The fraction of sp³-hybridized carbons (Fsp3) is 0.264. The Morgan fingerprint density at radius 2 is 0.655 bits per heavy atom. The van der Waals surface area contributed by atoms with E-state index in [-0.39, 0.29) is 103 Å². The number of fused-ring (bicyclic) bond motifs is 4. The van der Waals surface area contributed by atoms with E-state index in [1.54, 1.807) is 217 Å². The van der Waals surface area contributed by atoms with Gasteiger partial charge in [-0.05, 0) is 108 Å². The molecular formula is C106H105N17O25. The lowest BCUT2D eigenvalue weighted by Crippen LogP contribution is -2.56. The Kier molecular flexibility index (Phi) is 33.4. The number of benzene rings is 8. The van der Waals surface area contributed by atoms with Gasteiger partial charge < -0.3 is 111 Å². The van der Waals surface area contributed by atoms with Gasteiger partial charge in [0, 0.05) is 190 Å². The molecule has 5 saturated heterocycles. The molecule has 13 N–H and O–H groups in total. The number of hydrogen-bond acceptors (Lipinski definition) is 22. The summed E-state index contributed by atoms with van der Waals surface area (Å²) in [7, 11) is 1.49. The number of ether oxygens (including phenoxy) is 1. The van der Waals surface area contributed by atoms with Crippen LogP contribution >= 0.6 is 0 Å². The van der Waals surface area contributed by atoms with Gasteiger partial charge in [-0.25, -0.2) is 9.59 Å². The van der Waals surface area contributed by atoms with Crippen molar-refractivity contribution in [2.45, 2.75) is 89.9 Å². The average molecular weight is 2020 g/mol. The lowest BCUT2D eigenvalue weighted by Gasteiger charge is -2.39. The number of anilines is 4. The first kappa shape index (κ1) is 106. The molecule has 4 aromatic heterocycles. The molecule has 764 valence electrons. The number of carbonyl (C=O) groups is 20. The SMILES string of the molecule is CC(CC(=O)Nc1cccc2c(C(=O)C(=O)N3CCN(C(=O)c4ccccc4)C[C@H]3C)c[nH]c12)C(=O)O.CNC(CC(=O)O)C(=O)Nc1cccc2c(C(=O)C(=O)N3CCN(C(=O)c4ccccc4)C[C@H]3C)c[nH]c12.C[C@@H]1CN(C(=O)c2ccccc2)CCN1C(=O)C(=O)c1c[nH]c2c(NC(=O)/C=C/C(=O)O)cccc12.C[C@@H]1CN(C(=O)c2ccccc2)CCN1C(=O)C(=O)c1c[nH]c2c(NC(=O)C3OC3C(=O)O)cccc12. The lowest BCUT2D eigenvalue weighted by atomic mass is 10.1. The minimum atomic E-state index is -1.26. The predicted octanol–water partition coefficient (Wildman–Crippen LogP) is 8.32. The van der Waals surface area contributed by atoms with Crippen molar-refractivity contribution < 1.29 is 121 Å². The molecule has 0 saturated carbocycles. The zero-order chi connectivity index (χ0) is 106. The number of epoxide rings is 1. The summed E-state index contributed by atoms with van der Waals surface area (Å²) in [5.41, 5.74) is 6.06. The number of ketones is 4. The second-order valence-corrected chi connectivity index (χ2v) is 35.8. The van der Waals surface area contributed by atoms with Gasteiger partial charge in [0.15, 0.2) is 12.2 Å². The number of piperazine rings is 4. The summed E-state index contributed by atoms with van der Waals surface area (Å²) in [4.78, 5) is 274. The first-order valence-corrected chi connectivity index (χ1v) is 47.2. The van der Waals surface area contributed by atoms with Crippen molar-refractivity contribution in [1.29, 1.82) is 0 Å². The third-order valence-electron chi connectivity index (χ3n) is 25.8. The highest BCUT2D eigenvalue weighted by Gasteiger charge is 2.51. The van der Waals surface area contributed by atoms with Crippen LogP contribution in [0.1, 0.15) is 130 Å². The van der Waals surface area contributed by atoms with Gasteiger partial charge in [0.25, 0.3) is 76.3 Å². The second kappa shape index (κ2) is 46.9. The number of carboxylic acids is 4. The smallest absolute Gasteiger partial charge is 0.336 e. The van der Waals surface area contributed by atoms with Crippen LogP contribution in [-0.2, 0) is 62.3 Å². The van der Waals surface area contributed by atoms with E-state index in [0.717, 1.165) is 6.08 Å². The molecular weight excluding hydrogens is 1910 g/mol. The fourth-order valence-electron chi connectivity index (χ4n) is 17.9. The molecule has 5 aliphatic rings. The molecule has 42 heteroatoms. The Balaban J connectivity index is 0.000000156. The summed E-state index contributed by atoms with van der Waals surface area (Å²) >= 11 is 0. The van der Waals surface area contributed by atoms with Crippen molar-refractivity contribution in [1.82, 2.24) is 64.5 Å². The molecule has 148 heavy (non-hydrogen) atoms. The monoisotopic (exact) mass is 2020 g/mol. The molecule has 8 aromatic carbocycles. The molecule has 42 nitrogen and oxygen atoms in total. The highest BCUT2D eigenvalue weighted by Crippen LogP contribution is 2.35. The van der Waals surface area contributed by atoms with Crippen LogP contribution in [-0.4, -0.2) is 325 Å². The van der Waals surface area contributed by atoms with Gasteiger partial charge in [0.1, 0.15) is 0 Å². The quantitative estimate of drug-likeness (QED) is 0.00995. The number of carboxylic acid groups (broad SMARTS) is 4. The van der Waals surface area contributed by atoms with Gasteiger partial charge in [-0.1, -0.05) is 128 Å². The van der Waals surface area contributed by atoms with Gasteiger partial charge in [0.05, 0.1) is 85.5 Å². The summed E-state index contributed by atoms with van der Waals surface area (Å²) in [5.74, 6) is -13.8. The summed E-state index contributed by atoms with van der Waals surface area (Å²) in [6.45, 7) is 12.0. The number of nitrogens with zero attached hydrogens (tertiary/aromatic N) is 8. The molecule has 4 unspecified atom stereocenters. The first-order valence-electron chi connectivity index (χ1n) is 47.2. The van der Waals surface area contributed by atoms with Crippen LogP contribution in [0.15, 0.2) is 231 Å². The number of aliphatic carboxylic acids is 4. The predicted molar refractivity (Wildman–Crippen MR) is 539 cm³/mol. The zero-order valence-corrected chi connectivity index (χ0v) is 80.9. The van der Waals surface area contributed by atoms with E-state index in [2.05, 4.69) is 46.5 Å². The van der Waals surface area contributed by atoms with Crippen LogP contribution in [0.3, 0.4) is 0 Å². The number of nitrogens with one attached hydrogen (secondary N) is 9. The van der Waals surface area contributed by atoms with Crippen molar-refractivity contribution in [3.63, 3.8) is 0 Å². The van der Waals surface area contributed by atoms with Crippen molar-refractivity contribution >= 4 is 184 Å². The van der Waals surface area contributed by atoms with Gasteiger partial charge in [-0.3, -0.25) is 86.3 Å². The molecule has 17 rings (SSSR count). The van der Waals surface area contributed by atoms with Crippen LogP contribution in [0.2, 0.25) is 0 Å². The number of para-hydroxylation sites is 4. The van der Waals surface area contributed by atoms with E-state index in [1.165, 1.54) is 58.4 Å². The number of carbonyl (C=O) groups excluding carboxylic acids is 16. The molecule has 0 radical (unpaired) electrons. The number of H-pyrrole nitrogens is 4. The van der Waals surface area contributed by atoms with Crippen LogP contribution in [0.4, 0.5) is 22.7 Å². The van der Waals surface area contributed by atoms with Gasteiger partial charge in [-0.2, -0.15) is 0 Å². The van der Waals surface area contributed by atoms with Crippen LogP contribution in [0, 0.1) is 5.92 Å². The Morgan fingerprint density at radius 1 is 0.358 bits per heavy atom. The molecule has 9 heterocycles. The number of Topliss-reactive ketones (excluding diaryl/α,β-unsaturated/α-hetero) is 4. The second-order valence-electron chi connectivity index (χ2n) is 35.8. The minimum absolute atomic E-state index is 0.116. The molecule has 0 bridgehead atoms.